The third-order valence-electron chi connectivity index (χ3n) is 2.44. The van der Waals surface area contributed by atoms with Crippen LogP contribution in [0.3, 0.4) is 0 Å². The third kappa shape index (κ3) is 4.74. The standard InChI is InChI=1S/C12H18O2S2/c1-11(14)5-2-6-12(7-3-8-13)15-9-4-10-16-12/h2,5,8H,3-4,6-7,9-10H2,1H3/b5-2+. The zero-order chi connectivity index (χ0) is 11.9. The lowest BCUT2D eigenvalue weighted by Crippen LogP contribution is -2.24. The molecule has 1 fully saturated rings. The summed E-state index contributed by atoms with van der Waals surface area (Å²) in [6.45, 7) is 1.57. The SMILES string of the molecule is CC(=O)/C=C/CC1(CCC=O)SCCCS1. The lowest BCUT2D eigenvalue weighted by molar-refractivity contribution is -0.112. The van der Waals surface area contributed by atoms with Crippen molar-refractivity contribution in [3.8, 4) is 0 Å². The van der Waals surface area contributed by atoms with Crippen LogP contribution in [0.4, 0.5) is 0 Å². The topological polar surface area (TPSA) is 34.1 Å². The van der Waals surface area contributed by atoms with Crippen LogP contribution in [0.2, 0.25) is 0 Å². The monoisotopic (exact) mass is 258 g/mol. The van der Waals surface area contributed by atoms with Crippen molar-refractivity contribution in [2.75, 3.05) is 11.5 Å². The summed E-state index contributed by atoms with van der Waals surface area (Å²) in [5, 5.41) is 0. The van der Waals surface area contributed by atoms with Gasteiger partial charge in [0.05, 0.1) is 4.08 Å². The van der Waals surface area contributed by atoms with Crippen molar-refractivity contribution in [2.24, 2.45) is 0 Å². The Hall–Kier alpha value is -0.220. The molecule has 0 aromatic heterocycles. The Morgan fingerprint density at radius 2 is 2.06 bits per heavy atom. The van der Waals surface area contributed by atoms with Gasteiger partial charge in [-0.2, -0.15) is 0 Å². The van der Waals surface area contributed by atoms with Gasteiger partial charge in [0.15, 0.2) is 5.78 Å². The maximum atomic E-state index is 10.8. The highest BCUT2D eigenvalue weighted by molar-refractivity contribution is 8.18. The number of carbonyl (C=O) groups excluding carboxylic acids is 2. The number of ketones is 1. The van der Waals surface area contributed by atoms with E-state index in [4.69, 9.17) is 0 Å². The molecule has 0 radical (unpaired) electrons. The summed E-state index contributed by atoms with van der Waals surface area (Å²) in [6.07, 6.45) is 8.25. The summed E-state index contributed by atoms with van der Waals surface area (Å²) in [6, 6.07) is 0. The first-order valence-corrected chi connectivity index (χ1v) is 7.54. The van der Waals surface area contributed by atoms with E-state index in [1.54, 1.807) is 13.0 Å². The average molecular weight is 258 g/mol. The van der Waals surface area contributed by atoms with Gasteiger partial charge in [0.1, 0.15) is 6.29 Å². The molecule has 0 aliphatic carbocycles. The molecule has 1 heterocycles. The number of carbonyl (C=O) groups is 2. The number of allylic oxidation sites excluding steroid dienone is 2. The summed E-state index contributed by atoms with van der Waals surface area (Å²) < 4.78 is 0.130. The molecule has 0 aromatic carbocycles. The number of aldehydes is 1. The highest BCUT2D eigenvalue weighted by Gasteiger charge is 2.31. The summed E-state index contributed by atoms with van der Waals surface area (Å²) in [5.41, 5.74) is 0. The van der Waals surface area contributed by atoms with E-state index in [9.17, 15) is 9.59 Å². The highest BCUT2D eigenvalue weighted by atomic mass is 32.2. The normalized spacial score (nSPS) is 19.8. The Bertz CT molecular complexity index is 268. The number of hydrogen-bond donors (Lipinski definition) is 0. The molecule has 0 N–H and O–H groups in total. The molecular weight excluding hydrogens is 240 g/mol. The second-order valence-corrected chi connectivity index (χ2v) is 7.10. The number of thioether (sulfide) groups is 2. The molecule has 4 heteroatoms. The van der Waals surface area contributed by atoms with Gasteiger partial charge in [0.2, 0.25) is 0 Å². The smallest absolute Gasteiger partial charge is 0.152 e. The molecule has 0 amide bonds. The molecule has 16 heavy (non-hydrogen) atoms. The van der Waals surface area contributed by atoms with Crippen LogP contribution in [0.15, 0.2) is 12.2 Å². The summed E-state index contributed by atoms with van der Waals surface area (Å²) in [5.74, 6) is 2.43. The molecule has 0 saturated carbocycles. The Kier molecular flexibility index (Phi) is 6.21. The average Bonchev–Trinajstić information content (AvgIpc) is 2.27. The lowest BCUT2D eigenvalue weighted by atomic mass is 10.1. The van der Waals surface area contributed by atoms with Crippen molar-refractivity contribution >= 4 is 35.6 Å². The van der Waals surface area contributed by atoms with E-state index >= 15 is 0 Å². The van der Waals surface area contributed by atoms with E-state index < -0.39 is 0 Å². The Morgan fingerprint density at radius 1 is 1.38 bits per heavy atom. The number of rotatable bonds is 6. The van der Waals surface area contributed by atoms with E-state index in [2.05, 4.69) is 0 Å². The van der Waals surface area contributed by atoms with Crippen LogP contribution in [0.1, 0.15) is 32.6 Å². The van der Waals surface area contributed by atoms with Gasteiger partial charge in [-0.1, -0.05) is 6.08 Å². The van der Waals surface area contributed by atoms with Gasteiger partial charge in [-0.05, 0) is 43.8 Å². The molecule has 1 saturated heterocycles. The molecule has 90 valence electrons. The second kappa shape index (κ2) is 7.17. The lowest BCUT2D eigenvalue weighted by Gasteiger charge is -2.35. The molecule has 0 bridgehead atoms. The summed E-state index contributed by atoms with van der Waals surface area (Å²) >= 11 is 3.89. The van der Waals surface area contributed by atoms with E-state index in [1.165, 1.54) is 17.9 Å². The van der Waals surface area contributed by atoms with Gasteiger partial charge in [-0.3, -0.25) is 4.79 Å². The van der Waals surface area contributed by atoms with Gasteiger partial charge in [0, 0.05) is 6.42 Å². The second-order valence-electron chi connectivity index (χ2n) is 3.88. The van der Waals surface area contributed by atoms with Crippen LogP contribution in [0, 0.1) is 0 Å². The molecular formula is C12H18O2S2. The first-order valence-electron chi connectivity index (χ1n) is 5.57. The van der Waals surface area contributed by atoms with Crippen molar-refractivity contribution < 1.29 is 9.59 Å². The Labute approximate surface area is 106 Å². The number of hydrogen-bond acceptors (Lipinski definition) is 4. The molecule has 0 atom stereocenters. The largest absolute Gasteiger partial charge is 0.303 e. The fourth-order valence-corrected chi connectivity index (χ4v) is 4.95. The molecule has 0 aromatic rings. The minimum absolute atomic E-state index is 0.0938. The van der Waals surface area contributed by atoms with Crippen molar-refractivity contribution in [1.82, 2.24) is 0 Å². The highest BCUT2D eigenvalue weighted by Crippen LogP contribution is 2.48. The third-order valence-corrected chi connectivity index (χ3v) is 5.93. The zero-order valence-corrected chi connectivity index (χ0v) is 11.2. The van der Waals surface area contributed by atoms with Crippen LogP contribution in [-0.2, 0) is 9.59 Å². The van der Waals surface area contributed by atoms with E-state index in [1.807, 2.05) is 29.6 Å². The first kappa shape index (κ1) is 13.8. The maximum absolute atomic E-state index is 10.8. The Morgan fingerprint density at radius 3 is 2.62 bits per heavy atom. The molecule has 0 spiro atoms. The molecule has 1 rings (SSSR count). The van der Waals surface area contributed by atoms with Crippen LogP contribution in [0.5, 0.6) is 0 Å². The quantitative estimate of drug-likeness (QED) is 0.541. The molecule has 1 aliphatic heterocycles. The van der Waals surface area contributed by atoms with Gasteiger partial charge in [-0.15, -0.1) is 23.5 Å². The predicted molar refractivity (Wildman–Crippen MR) is 72.0 cm³/mol. The fourth-order valence-electron chi connectivity index (χ4n) is 1.66. The van der Waals surface area contributed by atoms with Crippen molar-refractivity contribution in [3.05, 3.63) is 12.2 Å². The molecule has 2 nitrogen and oxygen atoms in total. The maximum Gasteiger partial charge on any atom is 0.152 e. The van der Waals surface area contributed by atoms with E-state index in [0.717, 1.165) is 19.1 Å². The predicted octanol–water partition coefficient (Wildman–Crippen LogP) is 3.07. The van der Waals surface area contributed by atoms with Gasteiger partial charge < -0.3 is 4.79 Å². The van der Waals surface area contributed by atoms with Crippen LogP contribution < -0.4 is 0 Å². The van der Waals surface area contributed by atoms with Crippen molar-refractivity contribution in [2.45, 2.75) is 36.7 Å². The van der Waals surface area contributed by atoms with Crippen molar-refractivity contribution in [1.29, 1.82) is 0 Å². The van der Waals surface area contributed by atoms with Crippen molar-refractivity contribution in [3.63, 3.8) is 0 Å². The van der Waals surface area contributed by atoms with E-state index in [-0.39, 0.29) is 9.86 Å². The summed E-state index contributed by atoms with van der Waals surface area (Å²) in [7, 11) is 0. The van der Waals surface area contributed by atoms with Gasteiger partial charge in [0.25, 0.3) is 0 Å². The van der Waals surface area contributed by atoms with Gasteiger partial charge >= 0.3 is 0 Å². The first-order chi connectivity index (χ1) is 7.68. The molecule has 0 unspecified atom stereocenters. The molecule has 1 aliphatic rings. The fraction of sp³-hybridized carbons (Fsp3) is 0.667. The minimum Gasteiger partial charge on any atom is -0.303 e. The zero-order valence-electron chi connectivity index (χ0n) is 9.61. The summed E-state index contributed by atoms with van der Waals surface area (Å²) in [4.78, 5) is 21.3. The Balaban J connectivity index is 2.54. The van der Waals surface area contributed by atoms with Crippen LogP contribution in [-0.4, -0.2) is 27.7 Å². The van der Waals surface area contributed by atoms with Crippen LogP contribution >= 0.6 is 23.5 Å². The van der Waals surface area contributed by atoms with Gasteiger partial charge in [-0.25, -0.2) is 0 Å². The van der Waals surface area contributed by atoms with Crippen LogP contribution in [0.25, 0.3) is 0 Å². The van der Waals surface area contributed by atoms with E-state index in [0.29, 0.717) is 6.42 Å². The minimum atomic E-state index is 0.0938.